The topological polar surface area (TPSA) is 20.2 Å². The monoisotopic (exact) mass is 340 g/mol. The van der Waals surface area contributed by atoms with Gasteiger partial charge in [0.1, 0.15) is 0 Å². The molecule has 0 radical (unpaired) electrons. The van der Waals surface area contributed by atoms with Crippen molar-refractivity contribution in [1.29, 1.82) is 0 Å². The first-order valence-electron chi connectivity index (χ1n) is 7.05. The normalized spacial score (nSPS) is 12.5. The molecule has 0 heterocycles. The van der Waals surface area contributed by atoms with Crippen LogP contribution in [-0.2, 0) is 6.42 Å². The number of halogens is 1. The maximum Gasteiger partial charge on any atom is 0.0833 e. The molecule has 0 amide bonds. The third kappa shape index (κ3) is 3.17. The molecule has 0 aliphatic rings. The summed E-state index contributed by atoms with van der Waals surface area (Å²) in [6.07, 6.45) is 0.144. The average Bonchev–Trinajstić information content (AvgIpc) is 2.49. The molecule has 0 aromatic heterocycles. The van der Waals surface area contributed by atoms with Gasteiger partial charge in [-0.25, -0.2) is 0 Å². The highest BCUT2D eigenvalue weighted by Crippen LogP contribution is 2.26. The van der Waals surface area contributed by atoms with Crippen LogP contribution in [0.3, 0.4) is 0 Å². The molecule has 1 nitrogen and oxygen atoms in total. The van der Waals surface area contributed by atoms with Gasteiger partial charge < -0.3 is 5.11 Å². The second kappa shape index (κ2) is 6.00. The molecule has 1 unspecified atom stereocenters. The summed E-state index contributed by atoms with van der Waals surface area (Å²) >= 11 is 3.47. The lowest BCUT2D eigenvalue weighted by molar-refractivity contribution is 0.177. The van der Waals surface area contributed by atoms with Crippen LogP contribution in [0.25, 0.3) is 10.8 Å². The molecule has 0 bridgehead atoms. The Morgan fingerprint density at radius 2 is 1.71 bits per heavy atom. The molecule has 0 fully saturated rings. The van der Waals surface area contributed by atoms with Gasteiger partial charge in [-0.2, -0.15) is 0 Å². The molecule has 1 N–H and O–H groups in total. The molecule has 106 valence electrons. The van der Waals surface area contributed by atoms with Crippen molar-refractivity contribution < 1.29 is 5.11 Å². The Labute approximate surface area is 133 Å². The number of fused-ring (bicyclic) bond motifs is 1. The van der Waals surface area contributed by atoms with Crippen molar-refractivity contribution >= 4 is 26.7 Å². The Balaban J connectivity index is 1.88. The fourth-order valence-corrected chi connectivity index (χ4v) is 3.05. The molecular weight excluding hydrogens is 324 g/mol. The van der Waals surface area contributed by atoms with Crippen molar-refractivity contribution in [3.05, 3.63) is 81.8 Å². The zero-order valence-corrected chi connectivity index (χ0v) is 13.5. The minimum absolute atomic E-state index is 0.483. The van der Waals surface area contributed by atoms with Crippen molar-refractivity contribution in [2.24, 2.45) is 0 Å². The van der Waals surface area contributed by atoms with E-state index in [2.05, 4.69) is 46.3 Å². The second-order valence-corrected chi connectivity index (χ2v) is 6.32. The zero-order chi connectivity index (χ0) is 14.8. The van der Waals surface area contributed by atoms with Crippen molar-refractivity contribution in [1.82, 2.24) is 0 Å². The van der Waals surface area contributed by atoms with Gasteiger partial charge in [0.15, 0.2) is 0 Å². The van der Waals surface area contributed by atoms with E-state index in [0.29, 0.717) is 6.42 Å². The fraction of sp³-hybridized carbons (Fsp3) is 0.158. The van der Waals surface area contributed by atoms with Gasteiger partial charge in [-0.15, -0.1) is 0 Å². The Morgan fingerprint density at radius 1 is 0.952 bits per heavy atom. The summed E-state index contributed by atoms with van der Waals surface area (Å²) in [7, 11) is 0. The number of rotatable bonds is 3. The summed E-state index contributed by atoms with van der Waals surface area (Å²) in [4.78, 5) is 0. The van der Waals surface area contributed by atoms with Gasteiger partial charge in [0.25, 0.3) is 0 Å². The first-order valence-corrected chi connectivity index (χ1v) is 7.84. The van der Waals surface area contributed by atoms with Crippen LogP contribution in [0, 0.1) is 6.92 Å². The molecule has 21 heavy (non-hydrogen) atoms. The summed E-state index contributed by atoms with van der Waals surface area (Å²) < 4.78 is 1.00. The molecule has 1 atom stereocenters. The van der Waals surface area contributed by atoms with Crippen LogP contribution in [0.15, 0.2) is 65.1 Å². The second-order valence-electron chi connectivity index (χ2n) is 5.40. The van der Waals surface area contributed by atoms with Crippen LogP contribution >= 0.6 is 15.9 Å². The van der Waals surface area contributed by atoms with Crippen molar-refractivity contribution in [2.75, 3.05) is 0 Å². The number of aryl methyl sites for hydroxylation is 1. The summed E-state index contributed by atoms with van der Waals surface area (Å²) in [5.74, 6) is 0. The number of benzene rings is 3. The van der Waals surface area contributed by atoms with Crippen LogP contribution in [0.4, 0.5) is 0 Å². The van der Waals surface area contributed by atoms with Crippen molar-refractivity contribution in [3.8, 4) is 0 Å². The van der Waals surface area contributed by atoms with E-state index < -0.39 is 6.10 Å². The van der Waals surface area contributed by atoms with Gasteiger partial charge in [0, 0.05) is 10.9 Å². The lowest BCUT2D eigenvalue weighted by Crippen LogP contribution is -2.04. The molecule has 0 aliphatic carbocycles. The Kier molecular flexibility index (Phi) is 4.09. The maximum absolute atomic E-state index is 10.5. The number of aliphatic hydroxyl groups is 1. The van der Waals surface area contributed by atoms with E-state index in [-0.39, 0.29) is 0 Å². The van der Waals surface area contributed by atoms with E-state index in [1.807, 2.05) is 37.3 Å². The SMILES string of the molecule is Cc1ccc(Br)cc1C(O)Cc1ccc2ccccc2c1. The molecule has 0 saturated heterocycles. The van der Waals surface area contributed by atoms with Crippen LogP contribution in [0.2, 0.25) is 0 Å². The molecule has 0 aliphatic heterocycles. The third-order valence-electron chi connectivity index (χ3n) is 3.84. The molecule has 2 heteroatoms. The summed E-state index contributed by atoms with van der Waals surface area (Å²) in [6, 6.07) is 20.7. The number of hydrogen-bond acceptors (Lipinski definition) is 1. The third-order valence-corrected chi connectivity index (χ3v) is 4.34. The highest BCUT2D eigenvalue weighted by Gasteiger charge is 2.12. The number of aliphatic hydroxyl groups excluding tert-OH is 1. The lowest BCUT2D eigenvalue weighted by atomic mass is 9.96. The van der Waals surface area contributed by atoms with Crippen molar-refractivity contribution in [2.45, 2.75) is 19.4 Å². The van der Waals surface area contributed by atoms with E-state index in [0.717, 1.165) is 21.2 Å². The predicted molar refractivity (Wildman–Crippen MR) is 91.5 cm³/mol. The van der Waals surface area contributed by atoms with Gasteiger partial charge in [0.05, 0.1) is 6.10 Å². The molecule has 3 aromatic carbocycles. The highest BCUT2D eigenvalue weighted by molar-refractivity contribution is 9.10. The smallest absolute Gasteiger partial charge is 0.0833 e. The van der Waals surface area contributed by atoms with Gasteiger partial charge in [-0.05, 0) is 46.5 Å². The largest absolute Gasteiger partial charge is 0.388 e. The minimum Gasteiger partial charge on any atom is -0.388 e. The predicted octanol–water partition coefficient (Wildman–Crippen LogP) is 5.19. The van der Waals surface area contributed by atoms with Gasteiger partial charge >= 0.3 is 0 Å². The van der Waals surface area contributed by atoms with Gasteiger partial charge in [-0.3, -0.25) is 0 Å². The molecule has 0 spiro atoms. The summed E-state index contributed by atoms with van der Waals surface area (Å²) in [5.41, 5.74) is 3.25. The van der Waals surface area contributed by atoms with E-state index in [1.54, 1.807) is 0 Å². The summed E-state index contributed by atoms with van der Waals surface area (Å²) in [5, 5.41) is 13.0. The van der Waals surface area contributed by atoms with E-state index in [1.165, 1.54) is 10.8 Å². The molecule has 0 saturated carbocycles. The van der Waals surface area contributed by atoms with Gasteiger partial charge in [-0.1, -0.05) is 64.5 Å². The average molecular weight is 341 g/mol. The first kappa shape index (κ1) is 14.3. The standard InChI is InChI=1S/C19H17BrO/c1-13-6-9-17(20)12-18(13)19(21)11-14-7-8-15-4-2-3-5-16(15)10-14/h2-10,12,19,21H,11H2,1H3. The van der Waals surface area contributed by atoms with Crippen LogP contribution in [0.5, 0.6) is 0 Å². The molecule has 3 rings (SSSR count). The molecular formula is C19H17BrO. The van der Waals surface area contributed by atoms with E-state index >= 15 is 0 Å². The van der Waals surface area contributed by atoms with Crippen LogP contribution in [-0.4, -0.2) is 5.11 Å². The minimum atomic E-state index is -0.483. The van der Waals surface area contributed by atoms with Gasteiger partial charge in [0.2, 0.25) is 0 Å². The Hall–Kier alpha value is -1.64. The first-order chi connectivity index (χ1) is 10.1. The van der Waals surface area contributed by atoms with Crippen LogP contribution < -0.4 is 0 Å². The quantitative estimate of drug-likeness (QED) is 0.695. The number of hydrogen-bond donors (Lipinski definition) is 1. The lowest BCUT2D eigenvalue weighted by Gasteiger charge is -2.15. The Bertz CT molecular complexity index is 779. The molecule has 3 aromatic rings. The van der Waals surface area contributed by atoms with E-state index in [9.17, 15) is 5.11 Å². The highest BCUT2D eigenvalue weighted by atomic mass is 79.9. The van der Waals surface area contributed by atoms with Crippen molar-refractivity contribution in [3.63, 3.8) is 0 Å². The van der Waals surface area contributed by atoms with E-state index in [4.69, 9.17) is 0 Å². The summed E-state index contributed by atoms with van der Waals surface area (Å²) in [6.45, 7) is 2.03. The zero-order valence-electron chi connectivity index (χ0n) is 11.9. The maximum atomic E-state index is 10.5. The van der Waals surface area contributed by atoms with Crippen LogP contribution in [0.1, 0.15) is 22.8 Å². The fourth-order valence-electron chi connectivity index (χ4n) is 2.67. The Morgan fingerprint density at radius 3 is 2.52 bits per heavy atom.